The summed E-state index contributed by atoms with van der Waals surface area (Å²) in [6.07, 6.45) is 0.707. The third-order valence-electron chi connectivity index (χ3n) is 5.51. The fourth-order valence-corrected chi connectivity index (χ4v) is 3.84. The highest BCUT2D eigenvalue weighted by molar-refractivity contribution is 6.53. The largest absolute Gasteiger partial charge is 0.462 e. The minimum Gasteiger partial charge on any atom is -0.462 e. The van der Waals surface area contributed by atoms with Crippen LogP contribution in [0.1, 0.15) is 39.6 Å². The Hall–Kier alpha value is -4.43. The van der Waals surface area contributed by atoms with E-state index in [1.807, 2.05) is 13.8 Å². The number of benzene rings is 3. The van der Waals surface area contributed by atoms with Crippen molar-refractivity contribution in [2.75, 3.05) is 22.1 Å². The lowest BCUT2D eigenvalue weighted by molar-refractivity contribution is -0.120. The van der Waals surface area contributed by atoms with Crippen LogP contribution in [0.25, 0.3) is 0 Å². The Balaban J connectivity index is 1.48. The topological polar surface area (TPSA) is 105 Å². The summed E-state index contributed by atoms with van der Waals surface area (Å²) in [6.45, 7) is 4.11. The summed E-state index contributed by atoms with van der Waals surface area (Å²) in [5.41, 5.74) is 2.74. The van der Waals surface area contributed by atoms with Gasteiger partial charge in [-0.25, -0.2) is 9.69 Å². The van der Waals surface area contributed by atoms with E-state index in [4.69, 9.17) is 16.3 Å². The number of hydrogen-bond acceptors (Lipinski definition) is 6. The maximum atomic E-state index is 13.0. The number of carbonyl (C=O) groups excluding carboxylic acids is 4. The number of anilines is 3. The zero-order chi connectivity index (χ0) is 26.5. The van der Waals surface area contributed by atoms with E-state index in [1.54, 1.807) is 60.7 Å². The van der Waals surface area contributed by atoms with Gasteiger partial charge in [0.15, 0.2) is 0 Å². The molecule has 0 spiro atoms. The number of amides is 3. The molecule has 1 aliphatic heterocycles. The zero-order valence-corrected chi connectivity index (χ0v) is 21.0. The number of carbonyl (C=O) groups is 4. The first kappa shape index (κ1) is 25.7. The molecule has 0 fully saturated rings. The van der Waals surface area contributed by atoms with Crippen LogP contribution in [0, 0.1) is 6.92 Å². The molecule has 4 rings (SSSR count). The second kappa shape index (κ2) is 11.1. The second-order valence-corrected chi connectivity index (χ2v) is 8.72. The number of halogens is 1. The Morgan fingerprint density at radius 2 is 1.54 bits per heavy atom. The highest BCUT2D eigenvalue weighted by atomic mass is 35.5. The van der Waals surface area contributed by atoms with Gasteiger partial charge in [-0.3, -0.25) is 14.4 Å². The molecule has 0 unspecified atom stereocenters. The molecule has 0 saturated carbocycles. The lowest BCUT2D eigenvalue weighted by Crippen LogP contribution is -2.32. The maximum absolute atomic E-state index is 13.0. The summed E-state index contributed by atoms with van der Waals surface area (Å²) in [7, 11) is 0. The minimum atomic E-state index is -0.635. The van der Waals surface area contributed by atoms with Gasteiger partial charge in [0.2, 0.25) is 0 Å². The van der Waals surface area contributed by atoms with Crippen LogP contribution >= 0.6 is 11.6 Å². The molecule has 3 aromatic carbocycles. The fraction of sp³-hybridized carbons (Fsp3) is 0.143. The van der Waals surface area contributed by atoms with Crippen LogP contribution in [0.4, 0.5) is 17.1 Å². The van der Waals surface area contributed by atoms with Gasteiger partial charge >= 0.3 is 5.97 Å². The van der Waals surface area contributed by atoms with Gasteiger partial charge in [0.05, 0.1) is 17.9 Å². The predicted octanol–water partition coefficient (Wildman–Crippen LogP) is 5.25. The van der Waals surface area contributed by atoms with Crippen molar-refractivity contribution in [1.82, 2.24) is 0 Å². The van der Waals surface area contributed by atoms with E-state index in [9.17, 15) is 19.2 Å². The molecule has 0 aromatic heterocycles. The third kappa shape index (κ3) is 5.70. The highest BCUT2D eigenvalue weighted by Crippen LogP contribution is 2.30. The quantitative estimate of drug-likeness (QED) is 0.312. The van der Waals surface area contributed by atoms with Gasteiger partial charge < -0.3 is 15.4 Å². The fourth-order valence-electron chi connectivity index (χ4n) is 3.63. The van der Waals surface area contributed by atoms with Crippen LogP contribution < -0.4 is 15.5 Å². The molecule has 0 saturated heterocycles. The summed E-state index contributed by atoms with van der Waals surface area (Å²) in [5.74, 6) is -2.13. The Kier molecular flexibility index (Phi) is 7.69. The highest BCUT2D eigenvalue weighted by Gasteiger charge is 2.38. The summed E-state index contributed by atoms with van der Waals surface area (Å²) < 4.78 is 5.14. The third-order valence-corrected chi connectivity index (χ3v) is 5.86. The molecule has 9 heteroatoms. The Bertz CT molecular complexity index is 1420. The van der Waals surface area contributed by atoms with Gasteiger partial charge in [-0.05, 0) is 61.9 Å². The smallest absolute Gasteiger partial charge is 0.338 e. The number of rotatable bonds is 8. The molecule has 188 valence electrons. The number of esters is 1. The summed E-state index contributed by atoms with van der Waals surface area (Å²) in [5, 5.41) is 5.38. The first-order valence-corrected chi connectivity index (χ1v) is 12.0. The standard InChI is InChI=1S/C28H24ClN3O5/c1-3-14-37-28(36)19-7-5-9-21(16-19)31-25(33)18-6-4-8-20(15-18)30-24-23(29)26(34)32(27(24)35)22-12-10-17(2)11-13-22/h4-13,15-16,30H,3,14H2,1-2H3,(H,31,33). The Morgan fingerprint density at radius 1 is 0.892 bits per heavy atom. The van der Waals surface area contributed by atoms with Gasteiger partial charge in [-0.2, -0.15) is 0 Å². The second-order valence-electron chi connectivity index (χ2n) is 8.35. The lowest BCUT2D eigenvalue weighted by Gasteiger charge is -2.15. The minimum absolute atomic E-state index is 0.0805. The van der Waals surface area contributed by atoms with Gasteiger partial charge in [-0.15, -0.1) is 0 Å². The molecule has 8 nitrogen and oxygen atoms in total. The molecule has 0 bridgehead atoms. The van der Waals surface area contributed by atoms with Gasteiger partial charge in [0.25, 0.3) is 17.7 Å². The van der Waals surface area contributed by atoms with Crippen LogP contribution in [-0.2, 0) is 14.3 Å². The average molecular weight is 518 g/mol. The molecule has 1 aliphatic rings. The van der Waals surface area contributed by atoms with Crippen molar-refractivity contribution in [3.63, 3.8) is 0 Å². The van der Waals surface area contributed by atoms with E-state index in [0.717, 1.165) is 10.5 Å². The Labute approximate surface area is 218 Å². The monoisotopic (exact) mass is 517 g/mol. The van der Waals surface area contributed by atoms with Crippen LogP contribution in [-0.4, -0.2) is 30.3 Å². The molecule has 0 radical (unpaired) electrons. The van der Waals surface area contributed by atoms with Crippen molar-refractivity contribution >= 4 is 52.4 Å². The number of aryl methyl sites for hydroxylation is 1. The van der Waals surface area contributed by atoms with Crippen molar-refractivity contribution < 1.29 is 23.9 Å². The van der Waals surface area contributed by atoms with Crippen LogP contribution in [0.2, 0.25) is 0 Å². The molecule has 2 N–H and O–H groups in total. The van der Waals surface area contributed by atoms with E-state index < -0.39 is 23.7 Å². The molecule has 0 aliphatic carbocycles. The molecule has 37 heavy (non-hydrogen) atoms. The number of ether oxygens (including phenoxy) is 1. The van der Waals surface area contributed by atoms with E-state index in [0.29, 0.717) is 35.7 Å². The van der Waals surface area contributed by atoms with Crippen LogP contribution in [0.3, 0.4) is 0 Å². The van der Waals surface area contributed by atoms with E-state index >= 15 is 0 Å². The van der Waals surface area contributed by atoms with E-state index in [-0.39, 0.29) is 16.3 Å². The van der Waals surface area contributed by atoms with Crippen molar-refractivity contribution in [2.24, 2.45) is 0 Å². The van der Waals surface area contributed by atoms with Crippen molar-refractivity contribution in [3.05, 3.63) is 100 Å². The van der Waals surface area contributed by atoms with Crippen molar-refractivity contribution in [2.45, 2.75) is 20.3 Å². The van der Waals surface area contributed by atoms with Gasteiger partial charge in [0, 0.05) is 16.9 Å². The van der Waals surface area contributed by atoms with Gasteiger partial charge in [-0.1, -0.05) is 48.4 Å². The summed E-state index contributed by atoms with van der Waals surface area (Å²) >= 11 is 6.22. The zero-order valence-electron chi connectivity index (χ0n) is 20.2. The Morgan fingerprint density at radius 3 is 2.24 bits per heavy atom. The molecule has 3 aromatic rings. The molecule has 3 amide bonds. The van der Waals surface area contributed by atoms with Crippen molar-refractivity contribution in [3.8, 4) is 0 Å². The molecule has 1 heterocycles. The number of nitrogens with one attached hydrogen (secondary N) is 2. The number of hydrogen-bond donors (Lipinski definition) is 2. The first-order valence-electron chi connectivity index (χ1n) is 11.6. The average Bonchev–Trinajstić information content (AvgIpc) is 3.11. The first-order chi connectivity index (χ1) is 17.8. The van der Waals surface area contributed by atoms with E-state index in [1.165, 1.54) is 12.1 Å². The van der Waals surface area contributed by atoms with Crippen molar-refractivity contribution in [1.29, 1.82) is 0 Å². The predicted molar refractivity (Wildman–Crippen MR) is 142 cm³/mol. The van der Waals surface area contributed by atoms with Crippen LogP contribution in [0.15, 0.2) is 83.5 Å². The summed E-state index contributed by atoms with van der Waals surface area (Å²) in [4.78, 5) is 51.7. The summed E-state index contributed by atoms with van der Waals surface area (Å²) in [6, 6.07) is 19.8. The number of nitrogens with zero attached hydrogens (tertiary/aromatic N) is 1. The molecule has 0 atom stereocenters. The SMILES string of the molecule is CCCOC(=O)c1cccc(NC(=O)c2cccc(NC3=C(Cl)C(=O)N(c4ccc(C)cc4)C3=O)c2)c1. The van der Waals surface area contributed by atoms with Gasteiger partial charge in [0.1, 0.15) is 10.7 Å². The lowest BCUT2D eigenvalue weighted by atomic mass is 10.1. The molecular weight excluding hydrogens is 494 g/mol. The molecular formula is C28H24ClN3O5. The van der Waals surface area contributed by atoms with E-state index in [2.05, 4.69) is 10.6 Å². The van der Waals surface area contributed by atoms with Crippen LogP contribution in [0.5, 0.6) is 0 Å². The normalized spacial score (nSPS) is 13.1. The maximum Gasteiger partial charge on any atom is 0.338 e. The number of imide groups is 1.